The predicted octanol–water partition coefficient (Wildman–Crippen LogP) is 2.26. The summed E-state index contributed by atoms with van der Waals surface area (Å²) in [5.74, 6) is 0. The molecule has 0 aromatic heterocycles. The molecule has 0 heterocycles. The van der Waals surface area contributed by atoms with Crippen molar-refractivity contribution in [2.45, 2.75) is 13.8 Å². The molecule has 0 aliphatic rings. The maximum absolute atomic E-state index is 11.1. The Morgan fingerprint density at radius 1 is 1.62 bits per heavy atom. The summed E-state index contributed by atoms with van der Waals surface area (Å²) in [5.41, 5.74) is 0.953. The van der Waals surface area contributed by atoms with E-state index in [4.69, 9.17) is 5.21 Å². The SMILES string of the molecule is CCOC(=O)Nc1ccc(C)cc1N([O-])O. The number of ether oxygens (including phenoxy) is 1. The molecule has 1 amide bonds. The highest BCUT2D eigenvalue weighted by Gasteiger charge is 2.07. The maximum atomic E-state index is 11.1. The summed E-state index contributed by atoms with van der Waals surface area (Å²) in [6.07, 6.45) is -0.672. The van der Waals surface area contributed by atoms with Gasteiger partial charge in [0.15, 0.2) is 0 Å². The second-order valence-corrected chi connectivity index (χ2v) is 3.14. The Bertz CT molecular complexity index is 379. The molecule has 16 heavy (non-hydrogen) atoms. The Kier molecular flexibility index (Phi) is 4.10. The Morgan fingerprint density at radius 2 is 2.31 bits per heavy atom. The lowest BCUT2D eigenvalue weighted by Crippen LogP contribution is -2.17. The molecule has 0 atom stereocenters. The van der Waals surface area contributed by atoms with Crippen LogP contribution in [0.1, 0.15) is 12.5 Å². The van der Waals surface area contributed by atoms with E-state index in [0.717, 1.165) is 5.56 Å². The van der Waals surface area contributed by atoms with Crippen LogP contribution in [-0.4, -0.2) is 17.9 Å². The van der Waals surface area contributed by atoms with Gasteiger partial charge in [-0.3, -0.25) is 10.5 Å². The van der Waals surface area contributed by atoms with Crippen LogP contribution in [0.2, 0.25) is 0 Å². The van der Waals surface area contributed by atoms with Gasteiger partial charge in [0.1, 0.15) is 0 Å². The van der Waals surface area contributed by atoms with Gasteiger partial charge in [0, 0.05) is 0 Å². The molecule has 0 spiro atoms. The van der Waals surface area contributed by atoms with Crippen LogP contribution in [0.5, 0.6) is 0 Å². The van der Waals surface area contributed by atoms with E-state index in [2.05, 4.69) is 10.1 Å². The molecular weight excluding hydrogens is 212 g/mol. The first-order valence-corrected chi connectivity index (χ1v) is 4.75. The summed E-state index contributed by atoms with van der Waals surface area (Å²) in [7, 11) is 0. The van der Waals surface area contributed by atoms with Crippen molar-refractivity contribution in [3.05, 3.63) is 29.0 Å². The largest absolute Gasteiger partial charge is 0.733 e. The van der Waals surface area contributed by atoms with Crippen molar-refractivity contribution in [2.75, 3.05) is 17.2 Å². The van der Waals surface area contributed by atoms with E-state index in [1.807, 2.05) is 0 Å². The van der Waals surface area contributed by atoms with Crippen LogP contribution in [0.15, 0.2) is 18.2 Å². The van der Waals surface area contributed by atoms with Crippen LogP contribution < -0.4 is 10.5 Å². The van der Waals surface area contributed by atoms with Crippen molar-refractivity contribution < 1.29 is 14.7 Å². The van der Waals surface area contributed by atoms with Crippen LogP contribution in [0.25, 0.3) is 0 Å². The van der Waals surface area contributed by atoms with Crippen LogP contribution in [0, 0.1) is 12.1 Å². The number of anilines is 2. The molecule has 0 bridgehead atoms. The molecule has 0 saturated carbocycles. The third-order valence-corrected chi connectivity index (χ3v) is 1.87. The van der Waals surface area contributed by atoms with Crippen molar-refractivity contribution in [3.8, 4) is 0 Å². The van der Waals surface area contributed by atoms with Crippen LogP contribution >= 0.6 is 0 Å². The number of benzene rings is 1. The Morgan fingerprint density at radius 3 is 2.88 bits per heavy atom. The van der Waals surface area contributed by atoms with Crippen molar-refractivity contribution in [1.82, 2.24) is 0 Å². The first-order chi connectivity index (χ1) is 7.54. The molecule has 88 valence electrons. The highest BCUT2D eigenvalue weighted by atomic mass is 16.8. The van der Waals surface area contributed by atoms with Crippen LogP contribution in [0.4, 0.5) is 16.2 Å². The second-order valence-electron chi connectivity index (χ2n) is 3.14. The van der Waals surface area contributed by atoms with Gasteiger partial charge in [-0.2, -0.15) is 0 Å². The average molecular weight is 225 g/mol. The third-order valence-electron chi connectivity index (χ3n) is 1.87. The lowest BCUT2D eigenvalue weighted by Gasteiger charge is -2.24. The molecule has 2 N–H and O–H groups in total. The van der Waals surface area contributed by atoms with E-state index >= 15 is 0 Å². The number of hydrogen-bond donors (Lipinski definition) is 2. The lowest BCUT2D eigenvalue weighted by molar-refractivity contribution is 0.168. The van der Waals surface area contributed by atoms with Crippen molar-refractivity contribution in [1.29, 1.82) is 0 Å². The number of nitrogens with zero attached hydrogens (tertiary/aromatic N) is 1. The molecule has 0 fully saturated rings. The Balaban J connectivity index is 2.90. The highest BCUT2D eigenvalue weighted by Crippen LogP contribution is 2.25. The minimum absolute atomic E-state index is 0.0342. The Hall–Kier alpha value is -1.79. The fraction of sp³-hybridized carbons (Fsp3) is 0.300. The zero-order chi connectivity index (χ0) is 12.1. The molecule has 0 unspecified atom stereocenters. The fourth-order valence-electron chi connectivity index (χ4n) is 1.18. The predicted molar refractivity (Wildman–Crippen MR) is 59.5 cm³/mol. The summed E-state index contributed by atoms with van der Waals surface area (Å²) < 4.78 is 4.66. The van der Waals surface area contributed by atoms with Crippen LogP contribution in [-0.2, 0) is 4.74 Å². The number of aryl methyl sites for hydroxylation is 1. The maximum Gasteiger partial charge on any atom is 0.411 e. The average Bonchev–Trinajstić information content (AvgIpc) is 2.20. The van der Waals surface area contributed by atoms with Gasteiger partial charge in [-0.1, -0.05) is 6.07 Å². The first kappa shape index (κ1) is 12.3. The minimum atomic E-state index is -0.672. The third kappa shape index (κ3) is 3.11. The summed E-state index contributed by atoms with van der Waals surface area (Å²) in [4.78, 5) is 11.1. The van der Waals surface area contributed by atoms with Gasteiger partial charge in [0.05, 0.1) is 18.0 Å². The molecule has 0 radical (unpaired) electrons. The second kappa shape index (κ2) is 5.34. The number of rotatable bonds is 3. The molecule has 6 heteroatoms. The standard InChI is InChI=1S/C10H13N2O4/c1-3-16-10(13)11-8-5-4-7(2)6-9(8)12(14)15/h4-6,14H,3H2,1-2H3,(H,11,13)/q-1. The molecule has 1 aromatic rings. The van der Waals surface area contributed by atoms with E-state index in [9.17, 15) is 10.0 Å². The summed E-state index contributed by atoms with van der Waals surface area (Å²) in [6.45, 7) is 3.66. The fourth-order valence-corrected chi connectivity index (χ4v) is 1.18. The lowest BCUT2D eigenvalue weighted by atomic mass is 10.2. The normalized spacial score (nSPS) is 9.75. The van der Waals surface area contributed by atoms with E-state index in [1.54, 1.807) is 19.9 Å². The smallest absolute Gasteiger partial charge is 0.411 e. The van der Waals surface area contributed by atoms with Gasteiger partial charge in [-0.05, 0) is 31.5 Å². The molecule has 0 aliphatic carbocycles. The summed E-state index contributed by atoms with van der Waals surface area (Å²) in [6, 6.07) is 4.67. The van der Waals surface area contributed by atoms with E-state index < -0.39 is 6.09 Å². The van der Waals surface area contributed by atoms with E-state index in [1.165, 1.54) is 12.1 Å². The highest BCUT2D eigenvalue weighted by molar-refractivity contribution is 5.89. The summed E-state index contributed by atoms with van der Waals surface area (Å²) >= 11 is 0. The van der Waals surface area contributed by atoms with Gasteiger partial charge < -0.3 is 15.2 Å². The quantitative estimate of drug-likeness (QED) is 0.770. The number of amides is 1. The Labute approximate surface area is 93.0 Å². The summed E-state index contributed by atoms with van der Waals surface area (Å²) in [5, 5.41) is 21.8. The van der Waals surface area contributed by atoms with Gasteiger partial charge in [-0.15, -0.1) is 0 Å². The molecule has 0 saturated heterocycles. The molecule has 6 nitrogen and oxygen atoms in total. The minimum Gasteiger partial charge on any atom is -0.733 e. The van der Waals surface area contributed by atoms with Crippen molar-refractivity contribution in [3.63, 3.8) is 0 Å². The molecular formula is C10H13N2O4-. The van der Waals surface area contributed by atoms with E-state index in [-0.39, 0.29) is 23.2 Å². The first-order valence-electron chi connectivity index (χ1n) is 4.75. The topological polar surface area (TPSA) is 84.9 Å². The molecule has 1 aromatic carbocycles. The van der Waals surface area contributed by atoms with E-state index in [0.29, 0.717) is 0 Å². The van der Waals surface area contributed by atoms with Gasteiger partial charge >= 0.3 is 6.09 Å². The molecule has 0 aliphatic heterocycles. The number of carbonyl (C=O) groups excluding carboxylic acids is 1. The monoisotopic (exact) mass is 225 g/mol. The zero-order valence-corrected chi connectivity index (χ0v) is 9.06. The number of carbonyl (C=O) groups is 1. The number of hydrogen-bond acceptors (Lipinski definition) is 5. The number of nitrogens with one attached hydrogen (secondary N) is 1. The van der Waals surface area contributed by atoms with Gasteiger partial charge in [0.25, 0.3) is 0 Å². The molecule has 1 rings (SSSR count). The van der Waals surface area contributed by atoms with Crippen molar-refractivity contribution >= 4 is 17.5 Å². The van der Waals surface area contributed by atoms with Gasteiger partial charge in [0.2, 0.25) is 0 Å². The van der Waals surface area contributed by atoms with Crippen molar-refractivity contribution in [2.24, 2.45) is 0 Å². The zero-order valence-electron chi connectivity index (χ0n) is 9.06. The van der Waals surface area contributed by atoms with Gasteiger partial charge in [-0.25, -0.2) is 4.79 Å². The van der Waals surface area contributed by atoms with Crippen LogP contribution in [0.3, 0.4) is 0 Å².